The smallest absolute Gasteiger partial charge is 0.437 e. The first kappa shape index (κ1) is 18.3. The largest absolute Gasteiger partial charge is 0.490 e. The maximum absolute atomic E-state index is 13.2. The molecule has 0 bridgehead atoms. The number of carbonyl (C=O) groups excluding carboxylic acids is 1. The Morgan fingerprint density at radius 1 is 1.19 bits per heavy atom. The van der Waals surface area contributed by atoms with Gasteiger partial charge in [0.15, 0.2) is 0 Å². The number of piperidine rings is 1. The number of nitrogens with zero attached hydrogens (tertiary/aromatic N) is 3. The lowest BCUT2D eigenvalue weighted by Gasteiger charge is -2.42. The monoisotopic (exact) mass is 381 g/mol. The summed E-state index contributed by atoms with van der Waals surface area (Å²) in [5, 5.41) is 6.55. The summed E-state index contributed by atoms with van der Waals surface area (Å²) in [4.78, 5) is 14.5. The Kier molecular flexibility index (Phi) is 4.60. The number of halogens is 3. The molecule has 1 atom stereocenters. The minimum absolute atomic E-state index is 0.0143. The van der Waals surface area contributed by atoms with Crippen molar-refractivity contribution in [2.45, 2.75) is 62.5 Å². The number of amides is 1. The first-order valence-electron chi connectivity index (χ1n) is 9.41. The lowest BCUT2D eigenvalue weighted by atomic mass is 9.80. The maximum Gasteiger partial charge on any atom is 0.437 e. The van der Waals surface area contributed by atoms with E-state index in [0.29, 0.717) is 25.8 Å². The normalized spacial score (nSPS) is 29.1. The molecule has 0 aromatic heterocycles. The van der Waals surface area contributed by atoms with Crippen molar-refractivity contribution in [2.75, 3.05) is 6.54 Å². The fourth-order valence-corrected chi connectivity index (χ4v) is 3.99. The van der Waals surface area contributed by atoms with Crippen molar-refractivity contribution in [2.24, 2.45) is 16.1 Å². The molecule has 1 aromatic rings. The number of alkyl halides is 3. The molecule has 8 heteroatoms. The zero-order valence-electron chi connectivity index (χ0n) is 14.9. The quantitative estimate of drug-likeness (QED) is 0.762. The Morgan fingerprint density at radius 2 is 1.89 bits per heavy atom. The Hall–Kier alpha value is -2.12. The van der Waals surface area contributed by atoms with Crippen molar-refractivity contribution in [1.82, 2.24) is 4.90 Å². The van der Waals surface area contributed by atoms with Crippen LogP contribution in [0, 0.1) is 5.92 Å². The summed E-state index contributed by atoms with van der Waals surface area (Å²) in [6.07, 6.45) is -1.31. The van der Waals surface area contributed by atoms with Crippen LogP contribution < -0.4 is 4.74 Å². The molecule has 146 valence electrons. The van der Waals surface area contributed by atoms with Crippen LogP contribution >= 0.6 is 0 Å². The van der Waals surface area contributed by atoms with Crippen LogP contribution in [0.3, 0.4) is 0 Å². The van der Waals surface area contributed by atoms with Gasteiger partial charge in [-0.3, -0.25) is 4.79 Å². The molecule has 0 N–H and O–H groups in total. The molecule has 2 aliphatic heterocycles. The molecule has 1 amide bonds. The van der Waals surface area contributed by atoms with Crippen LogP contribution in [0.2, 0.25) is 0 Å². The third-order valence-electron chi connectivity index (χ3n) is 5.72. The summed E-state index contributed by atoms with van der Waals surface area (Å²) in [6, 6.07) is 8.97. The number of carbonyl (C=O) groups is 1. The zero-order chi connectivity index (χ0) is 19.1. The van der Waals surface area contributed by atoms with Crippen LogP contribution in [0.25, 0.3) is 0 Å². The molecule has 0 radical (unpaired) electrons. The maximum atomic E-state index is 13.2. The van der Waals surface area contributed by atoms with E-state index in [1.165, 1.54) is 0 Å². The van der Waals surface area contributed by atoms with Gasteiger partial charge in [-0.15, -0.1) is 10.2 Å². The highest BCUT2D eigenvalue weighted by molar-refractivity contribution is 5.80. The highest BCUT2D eigenvalue weighted by Crippen LogP contribution is 2.49. The molecule has 27 heavy (non-hydrogen) atoms. The van der Waals surface area contributed by atoms with Crippen LogP contribution in [-0.4, -0.2) is 41.3 Å². The average molecular weight is 381 g/mol. The third kappa shape index (κ3) is 3.66. The predicted molar refractivity (Wildman–Crippen MR) is 91.2 cm³/mol. The Morgan fingerprint density at radius 3 is 2.52 bits per heavy atom. The Balaban J connectivity index is 1.33. The average Bonchev–Trinajstić information content (AvgIpc) is 3.39. The van der Waals surface area contributed by atoms with Crippen molar-refractivity contribution < 1.29 is 22.7 Å². The second kappa shape index (κ2) is 6.80. The van der Waals surface area contributed by atoms with Gasteiger partial charge in [-0.25, -0.2) is 0 Å². The number of hydrogen-bond acceptors (Lipinski definition) is 4. The van der Waals surface area contributed by atoms with Gasteiger partial charge in [0.25, 0.3) is 5.66 Å². The molecular weight excluding hydrogens is 359 g/mol. The topological polar surface area (TPSA) is 54.3 Å². The van der Waals surface area contributed by atoms with Crippen molar-refractivity contribution >= 4 is 5.91 Å². The molecule has 0 spiro atoms. The van der Waals surface area contributed by atoms with Gasteiger partial charge in [0, 0.05) is 24.9 Å². The van der Waals surface area contributed by atoms with E-state index in [1.807, 2.05) is 30.3 Å². The minimum atomic E-state index is -4.48. The van der Waals surface area contributed by atoms with Gasteiger partial charge >= 0.3 is 6.18 Å². The lowest BCUT2D eigenvalue weighted by molar-refractivity contribution is -0.171. The second-order valence-electron chi connectivity index (χ2n) is 7.62. The number of ether oxygens (including phenoxy) is 1. The van der Waals surface area contributed by atoms with Gasteiger partial charge in [0.1, 0.15) is 11.9 Å². The number of para-hydroxylation sites is 1. The Labute approximate surface area is 155 Å². The van der Waals surface area contributed by atoms with E-state index in [-0.39, 0.29) is 24.3 Å². The molecule has 5 nitrogen and oxygen atoms in total. The highest BCUT2D eigenvalue weighted by Gasteiger charge is 2.65. The summed E-state index contributed by atoms with van der Waals surface area (Å²) in [5.74, 6) is 0.549. The predicted octanol–water partition coefficient (Wildman–Crippen LogP) is 4.34. The molecule has 2 heterocycles. The number of likely N-dealkylation sites (tertiary alicyclic amines) is 1. The van der Waals surface area contributed by atoms with Gasteiger partial charge in [0.05, 0.1) is 0 Å². The van der Waals surface area contributed by atoms with Crippen molar-refractivity contribution in [3.8, 4) is 5.75 Å². The van der Waals surface area contributed by atoms with E-state index in [0.717, 1.165) is 18.6 Å². The standard InChI is InChI=1S/C19H22F3N3O2/c20-19(21,22)18(23-24-18)12-14-6-4-5-9-25(14)17(26)13-10-16(11-13)27-15-7-2-1-3-8-15/h1-3,7-8,13-14,16H,4-6,9-12H2. The van der Waals surface area contributed by atoms with Crippen LogP contribution in [0.1, 0.15) is 38.5 Å². The van der Waals surface area contributed by atoms with Gasteiger partial charge in [-0.2, -0.15) is 13.2 Å². The summed E-state index contributed by atoms with van der Waals surface area (Å²) >= 11 is 0. The first-order chi connectivity index (χ1) is 12.9. The molecule has 1 saturated heterocycles. The number of hydrogen-bond donors (Lipinski definition) is 0. The second-order valence-corrected chi connectivity index (χ2v) is 7.62. The van der Waals surface area contributed by atoms with Gasteiger partial charge in [-0.05, 0) is 44.2 Å². The molecule has 1 saturated carbocycles. The number of rotatable bonds is 5. The molecule has 3 aliphatic rings. The lowest BCUT2D eigenvalue weighted by Crippen LogP contribution is -2.53. The summed E-state index contributed by atoms with van der Waals surface area (Å²) in [7, 11) is 0. The summed E-state index contributed by atoms with van der Waals surface area (Å²) < 4.78 is 45.3. The minimum Gasteiger partial charge on any atom is -0.490 e. The molecule has 2 fully saturated rings. The van der Waals surface area contributed by atoms with E-state index in [2.05, 4.69) is 10.2 Å². The van der Waals surface area contributed by atoms with E-state index in [1.54, 1.807) is 4.90 Å². The van der Waals surface area contributed by atoms with Gasteiger partial charge in [-0.1, -0.05) is 18.2 Å². The van der Waals surface area contributed by atoms with Crippen LogP contribution in [0.4, 0.5) is 13.2 Å². The molecular formula is C19H22F3N3O2. The van der Waals surface area contributed by atoms with Crippen molar-refractivity contribution in [3.05, 3.63) is 30.3 Å². The van der Waals surface area contributed by atoms with Crippen molar-refractivity contribution in [1.29, 1.82) is 0 Å². The summed E-state index contributed by atoms with van der Waals surface area (Å²) in [5.41, 5.74) is -2.29. The SMILES string of the molecule is O=C(C1CC(Oc2ccccc2)C1)N1CCCCC1CC1(C(F)(F)F)N=N1. The van der Waals surface area contributed by atoms with Gasteiger partial charge in [0.2, 0.25) is 5.91 Å². The highest BCUT2D eigenvalue weighted by atomic mass is 19.4. The number of benzene rings is 1. The van der Waals surface area contributed by atoms with Gasteiger partial charge < -0.3 is 9.64 Å². The van der Waals surface area contributed by atoms with Crippen LogP contribution in [0.5, 0.6) is 5.75 Å². The fraction of sp³-hybridized carbons (Fsp3) is 0.632. The zero-order valence-corrected chi connectivity index (χ0v) is 14.9. The molecule has 1 unspecified atom stereocenters. The molecule has 1 aromatic carbocycles. The van der Waals surface area contributed by atoms with Crippen LogP contribution in [0.15, 0.2) is 40.6 Å². The van der Waals surface area contributed by atoms with Crippen molar-refractivity contribution in [3.63, 3.8) is 0 Å². The van der Waals surface area contributed by atoms with Crippen LogP contribution in [-0.2, 0) is 4.79 Å². The molecule has 4 rings (SSSR count). The third-order valence-corrected chi connectivity index (χ3v) is 5.72. The first-order valence-corrected chi connectivity index (χ1v) is 9.41. The molecule has 1 aliphatic carbocycles. The Bertz CT molecular complexity index is 711. The summed E-state index contributed by atoms with van der Waals surface area (Å²) in [6.45, 7) is 0.512. The van der Waals surface area contributed by atoms with E-state index in [9.17, 15) is 18.0 Å². The van der Waals surface area contributed by atoms with E-state index >= 15 is 0 Å². The fourth-order valence-electron chi connectivity index (χ4n) is 3.99. The van der Waals surface area contributed by atoms with E-state index < -0.39 is 17.9 Å². The van der Waals surface area contributed by atoms with E-state index in [4.69, 9.17) is 4.74 Å².